The van der Waals surface area contributed by atoms with Gasteiger partial charge in [0.15, 0.2) is 5.60 Å². The van der Waals surface area contributed by atoms with Crippen molar-refractivity contribution in [3.8, 4) is 5.88 Å². The van der Waals surface area contributed by atoms with E-state index in [1.807, 2.05) is 37.3 Å². The zero-order valence-corrected chi connectivity index (χ0v) is 19.1. The summed E-state index contributed by atoms with van der Waals surface area (Å²) in [6.45, 7) is 4.91. The van der Waals surface area contributed by atoms with Crippen LogP contribution in [0.2, 0.25) is 0 Å². The largest absolute Gasteiger partial charge is 0.462 e. The van der Waals surface area contributed by atoms with Crippen LogP contribution in [0.25, 0.3) is 0 Å². The van der Waals surface area contributed by atoms with E-state index in [1.54, 1.807) is 12.1 Å². The molecule has 0 aliphatic heterocycles. The number of hydrogen-bond donors (Lipinski definition) is 1. The highest BCUT2D eigenvalue weighted by Gasteiger charge is 2.34. The lowest BCUT2D eigenvalue weighted by atomic mass is 9.86. The van der Waals surface area contributed by atoms with Gasteiger partial charge in [-0.2, -0.15) is 13.2 Å². The Hall–Kier alpha value is -3.42. The fourth-order valence-electron chi connectivity index (χ4n) is 3.56. The molecule has 0 saturated heterocycles. The van der Waals surface area contributed by atoms with Crippen molar-refractivity contribution < 1.29 is 27.1 Å². The highest BCUT2D eigenvalue weighted by molar-refractivity contribution is 5.85. The zero-order chi connectivity index (χ0) is 24.9. The summed E-state index contributed by atoms with van der Waals surface area (Å²) in [6.07, 6.45) is -3.28. The topological polar surface area (TPSA) is 51.2 Å². The number of carbonyl (C=O) groups excluding carboxylic acids is 1. The minimum atomic E-state index is -4.51. The maximum Gasteiger partial charge on any atom is 0.417 e. The third kappa shape index (κ3) is 6.56. The first-order valence-electron chi connectivity index (χ1n) is 10.8. The molecule has 0 radical (unpaired) electrons. The summed E-state index contributed by atoms with van der Waals surface area (Å²) in [6, 6.07) is 17.5. The van der Waals surface area contributed by atoms with Crippen LogP contribution >= 0.6 is 0 Å². The molecule has 34 heavy (non-hydrogen) atoms. The van der Waals surface area contributed by atoms with Crippen molar-refractivity contribution >= 4 is 5.91 Å². The lowest BCUT2D eigenvalue weighted by Crippen LogP contribution is -2.51. The van der Waals surface area contributed by atoms with Crippen molar-refractivity contribution in [2.24, 2.45) is 0 Å². The van der Waals surface area contributed by atoms with Gasteiger partial charge in [-0.15, -0.1) is 0 Å². The minimum absolute atomic E-state index is 0.0910. The maximum absolute atomic E-state index is 13.3. The molecule has 1 heterocycles. The second kappa shape index (κ2) is 10.2. The van der Waals surface area contributed by atoms with E-state index in [2.05, 4.69) is 10.3 Å². The van der Waals surface area contributed by atoms with Gasteiger partial charge in [0, 0.05) is 24.2 Å². The zero-order valence-electron chi connectivity index (χ0n) is 19.1. The smallest absolute Gasteiger partial charge is 0.417 e. The van der Waals surface area contributed by atoms with E-state index in [-0.39, 0.29) is 23.7 Å². The number of ether oxygens (including phenoxy) is 1. The van der Waals surface area contributed by atoms with Crippen LogP contribution in [0.4, 0.5) is 17.6 Å². The summed E-state index contributed by atoms with van der Waals surface area (Å²) < 4.78 is 57.2. The Labute approximate surface area is 196 Å². The predicted octanol–water partition coefficient (Wildman–Crippen LogP) is 5.93. The first-order chi connectivity index (χ1) is 16.0. The van der Waals surface area contributed by atoms with E-state index < -0.39 is 23.2 Å². The second-order valence-electron chi connectivity index (χ2n) is 8.61. The van der Waals surface area contributed by atoms with Gasteiger partial charge in [0.05, 0.1) is 5.56 Å². The minimum Gasteiger partial charge on any atom is -0.462 e. The van der Waals surface area contributed by atoms with Gasteiger partial charge in [0.1, 0.15) is 5.82 Å². The first kappa shape index (κ1) is 25.2. The van der Waals surface area contributed by atoms with E-state index in [0.29, 0.717) is 12.6 Å². The number of nitrogens with zero attached hydrogens (tertiary/aromatic N) is 1. The maximum atomic E-state index is 13.3. The number of rotatable bonds is 8. The highest BCUT2D eigenvalue weighted by Crippen LogP contribution is 2.30. The summed E-state index contributed by atoms with van der Waals surface area (Å²) >= 11 is 0. The quantitative estimate of drug-likeness (QED) is 0.412. The highest BCUT2D eigenvalue weighted by atomic mass is 19.4. The van der Waals surface area contributed by atoms with Gasteiger partial charge in [-0.05, 0) is 56.5 Å². The molecule has 0 bridgehead atoms. The van der Waals surface area contributed by atoms with Crippen molar-refractivity contribution in [2.45, 2.75) is 50.9 Å². The van der Waals surface area contributed by atoms with Crippen LogP contribution in [0.3, 0.4) is 0 Å². The molecular formula is C26H26F4N2O2. The number of aromatic nitrogens is 1. The Balaban J connectivity index is 1.73. The van der Waals surface area contributed by atoms with Crippen LogP contribution in [0.1, 0.15) is 43.4 Å². The molecule has 1 N–H and O–H groups in total. The average molecular weight is 474 g/mol. The fourth-order valence-corrected chi connectivity index (χ4v) is 3.56. The molecule has 8 heteroatoms. The molecule has 0 aliphatic rings. The van der Waals surface area contributed by atoms with Crippen LogP contribution < -0.4 is 10.1 Å². The van der Waals surface area contributed by atoms with Crippen LogP contribution in [0.5, 0.6) is 5.88 Å². The molecule has 180 valence electrons. The van der Waals surface area contributed by atoms with Gasteiger partial charge in [0.25, 0.3) is 5.91 Å². The Morgan fingerprint density at radius 3 is 2.21 bits per heavy atom. The van der Waals surface area contributed by atoms with E-state index in [1.165, 1.54) is 26.0 Å². The Kier molecular flexibility index (Phi) is 7.59. The standard InChI is InChI=1S/C26H26F4N2O2/c1-17(22(19-7-5-4-6-8-19)15-18-9-12-21(27)13-10-18)32-24(33)25(2,3)34-23-14-11-20(16-31-23)26(28,29)30/h4-14,16-17,22H,15H2,1-3H3,(H,32,33). The number of hydrogen-bond acceptors (Lipinski definition) is 3. The Morgan fingerprint density at radius 2 is 1.65 bits per heavy atom. The van der Waals surface area contributed by atoms with Crippen LogP contribution in [0, 0.1) is 5.82 Å². The molecule has 0 spiro atoms. The van der Waals surface area contributed by atoms with Gasteiger partial charge >= 0.3 is 6.18 Å². The van der Waals surface area contributed by atoms with Crippen molar-refractivity contribution in [1.82, 2.24) is 10.3 Å². The van der Waals surface area contributed by atoms with E-state index in [0.717, 1.165) is 23.3 Å². The molecule has 2 unspecified atom stereocenters. The predicted molar refractivity (Wildman–Crippen MR) is 121 cm³/mol. The molecule has 0 saturated carbocycles. The lowest BCUT2D eigenvalue weighted by Gasteiger charge is -2.30. The SMILES string of the molecule is CC(NC(=O)C(C)(C)Oc1ccc(C(F)(F)F)cn1)C(Cc1ccc(F)cc1)c1ccccc1. The molecule has 3 rings (SSSR count). The summed E-state index contributed by atoms with van der Waals surface area (Å²) in [4.78, 5) is 16.7. The summed E-state index contributed by atoms with van der Waals surface area (Å²) in [5.41, 5.74) is -0.371. The molecule has 1 amide bonds. The third-order valence-corrected chi connectivity index (χ3v) is 5.53. The fraction of sp³-hybridized carbons (Fsp3) is 0.308. The number of halogens is 4. The van der Waals surface area contributed by atoms with Gasteiger partial charge < -0.3 is 10.1 Å². The van der Waals surface area contributed by atoms with Gasteiger partial charge in [0.2, 0.25) is 5.88 Å². The first-order valence-corrected chi connectivity index (χ1v) is 10.8. The van der Waals surface area contributed by atoms with Gasteiger partial charge in [-0.3, -0.25) is 4.79 Å². The summed E-state index contributed by atoms with van der Waals surface area (Å²) in [7, 11) is 0. The van der Waals surface area contributed by atoms with Crippen LogP contribution in [-0.4, -0.2) is 22.5 Å². The van der Waals surface area contributed by atoms with Crippen LogP contribution in [0.15, 0.2) is 72.9 Å². The van der Waals surface area contributed by atoms with Crippen molar-refractivity contribution in [3.05, 3.63) is 95.4 Å². The number of carbonyl (C=O) groups is 1. The molecule has 4 nitrogen and oxygen atoms in total. The summed E-state index contributed by atoms with van der Waals surface area (Å²) in [5, 5.41) is 2.96. The summed E-state index contributed by atoms with van der Waals surface area (Å²) in [5.74, 6) is -0.971. The molecule has 1 aromatic heterocycles. The second-order valence-corrected chi connectivity index (χ2v) is 8.61. The normalized spacial score (nSPS) is 13.7. The van der Waals surface area contributed by atoms with E-state index in [9.17, 15) is 22.4 Å². The average Bonchev–Trinajstić information content (AvgIpc) is 2.78. The van der Waals surface area contributed by atoms with Crippen LogP contribution in [-0.2, 0) is 17.4 Å². The van der Waals surface area contributed by atoms with E-state index >= 15 is 0 Å². The monoisotopic (exact) mass is 474 g/mol. The molecule has 3 aromatic rings. The van der Waals surface area contributed by atoms with Gasteiger partial charge in [-0.1, -0.05) is 42.5 Å². The lowest BCUT2D eigenvalue weighted by molar-refractivity contribution is -0.138. The molecule has 0 fully saturated rings. The molecule has 0 aliphatic carbocycles. The molecular weight excluding hydrogens is 448 g/mol. The van der Waals surface area contributed by atoms with Gasteiger partial charge in [-0.25, -0.2) is 9.37 Å². The third-order valence-electron chi connectivity index (χ3n) is 5.53. The number of amides is 1. The van der Waals surface area contributed by atoms with E-state index in [4.69, 9.17) is 4.74 Å². The molecule has 2 atom stereocenters. The number of nitrogens with one attached hydrogen (secondary N) is 1. The number of benzene rings is 2. The number of alkyl halides is 3. The molecule has 2 aromatic carbocycles. The van der Waals surface area contributed by atoms with Crippen molar-refractivity contribution in [3.63, 3.8) is 0 Å². The van der Waals surface area contributed by atoms with Crippen molar-refractivity contribution in [1.29, 1.82) is 0 Å². The Morgan fingerprint density at radius 1 is 1.00 bits per heavy atom. The van der Waals surface area contributed by atoms with Crippen molar-refractivity contribution in [2.75, 3.05) is 0 Å². The Bertz CT molecular complexity index is 1080. The number of pyridine rings is 1.